The summed E-state index contributed by atoms with van der Waals surface area (Å²) in [7, 11) is -3.14. The Hall–Kier alpha value is -1.60. The molecule has 0 saturated heterocycles. The number of rotatable bonds is 8. The molecule has 4 N–H and O–H groups in total. The summed E-state index contributed by atoms with van der Waals surface area (Å²) in [5.74, 6) is -0.472. The second-order valence-corrected chi connectivity index (χ2v) is 8.01. The third-order valence-electron chi connectivity index (χ3n) is 3.18. The van der Waals surface area contributed by atoms with Crippen molar-refractivity contribution in [2.75, 3.05) is 24.6 Å². The number of carbonyl (C=O) groups excluding carboxylic acids is 1. The highest BCUT2D eigenvalue weighted by Crippen LogP contribution is 2.09. The Balaban J connectivity index is 2.72. The van der Waals surface area contributed by atoms with E-state index in [1.807, 2.05) is 12.1 Å². The molecule has 0 spiro atoms. The standard InChI is InChI=1S/C14H23N3O3S/c1-11(2)21(19,20)8-7-17(10-14(16)18)9-12-3-5-13(15)6-4-12/h3-6,11H,7-10,15H2,1-2H3,(H2,16,18). The Morgan fingerprint density at radius 2 is 1.81 bits per heavy atom. The number of amides is 1. The normalized spacial score (nSPS) is 12.0. The molecule has 1 rings (SSSR count). The average molecular weight is 313 g/mol. The van der Waals surface area contributed by atoms with Gasteiger partial charge in [0.15, 0.2) is 9.84 Å². The predicted molar refractivity (Wildman–Crippen MR) is 84.2 cm³/mol. The quantitative estimate of drug-likeness (QED) is 0.675. The maximum absolute atomic E-state index is 11.9. The van der Waals surface area contributed by atoms with Gasteiger partial charge in [-0.15, -0.1) is 0 Å². The maximum Gasteiger partial charge on any atom is 0.231 e. The fourth-order valence-electron chi connectivity index (χ4n) is 1.81. The second kappa shape index (κ2) is 7.42. The van der Waals surface area contributed by atoms with Crippen LogP contribution in [-0.2, 0) is 21.2 Å². The van der Waals surface area contributed by atoms with Crippen molar-refractivity contribution in [3.8, 4) is 0 Å². The van der Waals surface area contributed by atoms with Gasteiger partial charge in [0.05, 0.1) is 17.5 Å². The van der Waals surface area contributed by atoms with Crippen molar-refractivity contribution in [2.24, 2.45) is 5.73 Å². The molecular formula is C14H23N3O3S. The first-order chi connectivity index (χ1) is 9.70. The molecule has 0 aliphatic carbocycles. The zero-order valence-electron chi connectivity index (χ0n) is 12.5. The number of nitrogen functional groups attached to an aromatic ring is 1. The summed E-state index contributed by atoms with van der Waals surface area (Å²) < 4.78 is 23.7. The van der Waals surface area contributed by atoms with Gasteiger partial charge in [-0.2, -0.15) is 0 Å². The lowest BCUT2D eigenvalue weighted by molar-refractivity contribution is -0.119. The maximum atomic E-state index is 11.9. The van der Waals surface area contributed by atoms with E-state index >= 15 is 0 Å². The lowest BCUT2D eigenvalue weighted by Gasteiger charge is -2.21. The van der Waals surface area contributed by atoms with Gasteiger partial charge in [-0.05, 0) is 31.5 Å². The molecule has 0 unspecified atom stereocenters. The Morgan fingerprint density at radius 1 is 1.24 bits per heavy atom. The van der Waals surface area contributed by atoms with Crippen LogP contribution in [0.1, 0.15) is 19.4 Å². The monoisotopic (exact) mass is 313 g/mol. The molecule has 0 saturated carbocycles. The molecule has 0 radical (unpaired) electrons. The van der Waals surface area contributed by atoms with E-state index < -0.39 is 21.0 Å². The highest BCUT2D eigenvalue weighted by molar-refractivity contribution is 7.92. The lowest BCUT2D eigenvalue weighted by Crippen LogP contribution is -2.37. The van der Waals surface area contributed by atoms with Crippen LogP contribution >= 0.6 is 0 Å². The highest BCUT2D eigenvalue weighted by Gasteiger charge is 2.18. The van der Waals surface area contributed by atoms with Gasteiger partial charge in [-0.3, -0.25) is 9.69 Å². The van der Waals surface area contributed by atoms with Crippen LogP contribution in [0.2, 0.25) is 0 Å². The van der Waals surface area contributed by atoms with E-state index in [9.17, 15) is 13.2 Å². The van der Waals surface area contributed by atoms with Crippen molar-refractivity contribution >= 4 is 21.4 Å². The Labute approximate surface area is 126 Å². The average Bonchev–Trinajstić information content (AvgIpc) is 2.38. The van der Waals surface area contributed by atoms with Crippen molar-refractivity contribution in [3.63, 3.8) is 0 Å². The molecule has 0 heterocycles. The zero-order valence-corrected chi connectivity index (χ0v) is 13.3. The molecule has 118 valence electrons. The first-order valence-corrected chi connectivity index (χ1v) is 8.49. The van der Waals surface area contributed by atoms with Crippen LogP contribution in [0, 0.1) is 0 Å². The van der Waals surface area contributed by atoms with Gasteiger partial charge in [-0.25, -0.2) is 8.42 Å². The first-order valence-electron chi connectivity index (χ1n) is 6.77. The van der Waals surface area contributed by atoms with E-state index in [2.05, 4.69) is 0 Å². The van der Waals surface area contributed by atoms with Crippen LogP contribution in [0.4, 0.5) is 5.69 Å². The molecule has 6 nitrogen and oxygen atoms in total. The largest absolute Gasteiger partial charge is 0.399 e. The third kappa shape index (κ3) is 6.14. The highest BCUT2D eigenvalue weighted by atomic mass is 32.2. The summed E-state index contributed by atoms with van der Waals surface area (Å²) in [5, 5.41) is -0.426. The first kappa shape index (κ1) is 17.5. The second-order valence-electron chi connectivity index (χ2n) is 5.33. The van der Waals surface area contributed by atoms with Crippen LogP contribution in [-0.4, -0.2) is 43.3 Å². The molecular weight excluding hydrogens is 290 g/mol. The molecule has 0 aliphatic rings. The molecule has 0 bridgehead atoms. The van der Waals surface area contributed by atoms with Crippen LogP contribution in [0.5, 0.6) is 0 Å². The number of nitrogens with two attached hydrogens (primary N) is 2. The lowest BCUT2D eigenvalue weighted by atomic mass is 10.2. The van der Waals surface area contributed by atoms with Crippen LogP contribution in [0.3, 0.4) is 0 Å². The summed E-state index contributed by atoms with van der Waals surface area (Å²) >= 11 is 0. The smallest absolute Gasteiger partial charge is 0.231 e. The summed E-state index contributed by atoms with van der Waals surface area (Å²) in [5.41, 5.74) is 12.4. The van der Waals surface area contributed by atoms with Gasteiger partial charge in [-0.1, -0.05) is 12.1 Å². The number of benzene rings is 1. The molecule has 7 heteroatoms. The van der Waals surface area contributed by atoms with E-state index in [-0.39, 0.29) is 18.8 Å². The Morgan fingerprint density at radius 3 is 2.29 bits per heavy atom. The number of primary amides is 1. The van der Waals surface area contributed by atoms with Gasteiger partial charge < -0.3 is 11.5 Å². The topological polar surface area (TPSA) is 106 Å². The fourth-order valence-corrected chi connectivity index (χ4v) is 2.79. The van der Waals surface area contributed by atoms with Crippen LogP contribution in [0.15, 0.2) is 24.3 Å². The molecule has 0 aliphatic heterocycles. The zero-order chi connectivity index (χ0) is 16.0. The van der Waals surface area contributed by atoms with Crippen molar-refractivity contribution in [3.05, 3.63) is 29.8 Å². The van der Waals surface area contributed by atoms with E-state index in [0.29, 0.717) is 12.2 Å². The fraction of sp³-hybridized carbons (Fsp3) is 0.500. The van der Waals surface area contributed by atoms with E-state index in [4.69, 9.17) is 11.5 Å². The summed E-state index contributed by atoms with van der Waals surface area (Å²) in [6.07, 6.45) is 0. The molecule has 21 heavy (non-hydrogen) atoms. The number of nitrogens with zero attached hydrogens (tertiary/aromatic N) is 1. The van der Waals surface area contributed by atoms with Crippen molar-refractivity contribution in [2.45, 2.75) is 25.6 Å². The molecule has 0 aromatic heterocycles. The van der Waals surface area contributed by atoms with E-state index in [1.54, 1.807) is 30.9 Å². The molecule has 1 amide bonds. The minimum Gasteiger partial charge on any atom is -0.399 e. The van der Waals surface area contributed by atoms with Crippen molar-refractivity contribution in [1.29, 1.82) is 0 Å². The van der Waals surface area contributed by atoms with Gasteiger partial charge in [0.2, 0.25) is 5.91 Å². The number of carbonyl (C=O) groups is 1. The van der Waals surface area contributed by atoms with Crippen molar-refractivity contribution in [1.82, 2.24) is 4.90 Å². The molecule has 0 atom stereocenters. The number of hydrogen-bond acceptors (Lipinski definition) is 5. The van der Waals surface area contributed by atoms with E-state index in [0.717, 1.165) is 5.56 Å². The van der Waals surface area contributed by atoms with Crippen LogP contribution in [0.25, 0.3) is 0 Å². The Kier molecular flexibility index (Phi) is 6.17. The van der Waals surface area contributed by atoms with Gasteiger partial charge in [0.1, 0.15) is 0 Å². The summed E-state index contributed by atoms with van der Waals surface area (Å²) in [6, 6.07) is 7.23. The molecule has 1 aromatic carbocycles. The SMILES string of the molecule is CC(C)S(=O)(=O)CCN(CC(N)=O)Cc1ccc(N)cc1. The van der Waals surface area contributed by atoms with E-state index in [1.165, 1.54) is 0 Å². The third-order valence-corrected chi connectivity index (χ3v) is 5.36. The minimum atomic E-state index is -3.14. The van der Waals surface area contributed by atoms with Gasteiger partial charge >= 0.3 is 0 Å². The molecule has 1 aromatic rings. The van der Waals surface area contributed by atoms with Gasteiger partial charge in [0, 0.05) is 18.8 Å². The number of hydrogen-bond donors (Lipinski definition) is 2. The van der Waals surface area contributed by atoms with Crippen LogP contribution < -0.4 is 11.5 Å². The van der Waals surface area contributed by atoms with Crippen molar-refractivity contribution < 1.29 is 13.2 Å². The summed E-state index contributed by atoms with van der Waals surface area (Å²) in [4.78, 5) is 12.9. The minimum absolute atomic E-state index is 0.00686. The Bertz CT molecular complexity index is 568. The summed E-state index contributed by atoms with van der Waals surface area (Å²) in [6.45, 7) is 4.05. The van der Waals surface area contributed by atoms with Gasteiger partial charge in [0.25, 0.3) is 0 Å². The number of sulfone groups is 1. The predicted octanol–water partition coefficient (Wildman–Crippen LogP) is 0.379. The molecule has 0 fully saturated rings. The number of anilines is 1.